The second-order valence-corrected chi connectivity index (χ2v) is 6.02. The maximum atomic E-state index is 11.8. The van der Waals surface area contributed by atoms with Crippen LogP contribution in [-0.4, -0.2) is 54.6 Å². The van der Waals surface area contributed by atoms with Gasteiger partial charge in [0.15, 0.2) is 11.5 Å². The molecular weight excluding hydrogens is 286 g/mol. The van der Waals surface area contributed by atoms with Gasteiger partial charge in [0.05, 0.1) is 20.3 Å². The summed E-state index contributed by atoms with van der Waals surface area (Å²) in [5.41, 5.74) is 0.336. The molecule has 1 aliphatic heterocycles. The number of amides is 1. The van der Waals surface area contributed by atoms with Gasteiger partial charge in [0.1, 0.15) is 0 Å². The van der Waals surface area contributed by atoms with Crippen LogP contribution in [0.3, 0.4) is 0 Å². The fraction of sp³-hybridized carbons (Fsp3) is 0.562. The number of likely N-dealkylation sites (tertiary alicyclic amines) is 1. The van der Waals surface area contributed by atoms with Crippen LogP contribution in [0.5, 0.6) is 11.5 Å². The van der Waals surface area contributed by atoms with Gasteiger partial charge in [-0.05, 0) is 24.6 Å². The summed E-state index contributed by atoms with van der Waals surface area (Å²) in [6.45, 7) is 4.48. The Morgan fingerprint density at radius 1 is 1.45 bits per heavy atom. The molecule has 1 aromatic carbocycles. The Hall–Kier alpha value is -1.95. The number of benzene rings is 1. The molecule has 2 rings (SSSR count). The van der Waals surface area contributed by atoms with E-state index in [9.17, 15) is 15.0 Å². The van der Waals surface area contributed by atoms with E-state index in [2.05, 4.69) is 0 Å². The van der Waals surface area contributed by atoms with Gasteiger partial charge in [-0.1, -0.05) is 13.0 Å². The van der Waals surface area contributed by atoms with Gasteiger partial charge in [-0.15, -0.1) is 0 Å². The van der Waals surface area contributed by atoms with Gasteiger partial charge in [-0.2, -0.15) is 0 Å². The maximum absolute atomic E-state index is 11.8. The number of phenols is 1. The van der Waals surface area contributed by atoms with E-state index in [0.29, 0.717) is 18.8 Å². The van der Waals surface area contributed by atoms with Crippen LogP contribution < -0.4 is 4.74 Å². The predicted molar refractivity (Wildman–Crippen MR) is 81.2 cm³/mol. The third-order valence-corrected chi connectivity index (χ3v) is 4.72. The monoisotopic (exact) mass is 309 g/mol. The summed E-state index contributed by atoms with van der Waals surface area (Å²) in [6, 6.07) is 5.17. The highest BCUT2D eigenvalue weighted by atomic mass is 16.5. The second kappa shape index (κ2) is 6.04. The highest BCUT2D eigenvalue weighted by molar-refractivity contribution is 5.68. The lowest BCUT2D eigenvalue weighted by Crippen LogP contribution is -2.38. The number of carbonyl (C=O) groups is 1. The molecule has 3 unspecified atom stereocenters. The summed E-state index contributed by atoms with van der Waals surface area (Å²) in [5, 5.41) is 20.2. The number of phenolic OH excluding ortho intramolecular Hbond substituents is 1. The number of aromatic hydroxyl groups is 1. The average Bonchev–Trinajstić information content (AvgIpc) is 2.85. The van der Waals surface area contributed by atoms with Crippen molar-refractivity contribution in [3.63, 3.8) is 0 Å². The normalized spacial score (nSPS) is 25.9. The summed E-state index contributed by atoms with van der Waals surface area (Å²) in [4.78, 5) is 13.4. The molecule has 3 atom stereocenters. The van der Waals surface area contributed by atoms with E-state index in [1.165, 1.54) is 14.2 Å². The highest BCUT2D eigenvalue weighted by Gasteiger charge is 2.48. The summed E-state index contributed by atoms with van der Waals surface area (Å²) in [6.07, 6.45) is -1.02. The number of carbonyl (C=O) groups excluding carboxylic acids is 1. The van der Waals surface area contributed by atoms with Crippen LogP contribution in [0.4, 0.5) is 4.79 Å². The smallest absolute Gasteiger partial charge is 0.409 e. The van der Waals surface area contributed by atoms with Gasteiger partial charge in [0.2, 0.25) is 0 Å². The van der Waals surface area contributed by atoms with Gasteiger partial charge in [-0.25, -0.2) is 4.79 Å². The van der Waals surface area contributed by atoms with Crippen molar-refractivity contribution in [2.24, 2.45) is 5.41 Å². The Bertz CT molecular complexity index is 559. The Labute approximate surface area is 130 Å². The van der Waals surface area contributed by atoms with Crippen LogP contribution in [-0.2, 0) is 4.74 Å². The van der Waals surface area contributed by atoms with E-state index < -0.39 is 17.6 Å². The van der Waals surface area contributed by atoms with Gasteiger partial charge in [0, 0.05) is 24.4 Å². The summed E-state index contributed by atoms with van der Waals surface area (Å²) in [7, 11) is 2.83. The lowest BCUT2D eigenvalue weighted by Gasteiger charge is -2.33. The first-order chi connectivity index (χ1) is 10.3. The van der Waals surface area contributed by atoms with Crippen molar-refractivity contribution in [2.75, 3.05) is 27.3 Å². The predicted octanol–water partition coefficient (Wildman–Crippen LogP) is 1.95. The van der Waals surface area contributed by atoms with Crippen LogP contribution >= 0.6 is 0 Å². The van der Waals surface area contributed by atoms with Crippen molar-refractivity contribution in [3.05, 3.63) is 23.8 Å². The molecule has 1 fully saturated rings. The maximum Gasteiger partial charge on any atom is 0.409 e. The molecule has 122 valence electrons. The van der Waals surface area contributed by atoms with Crippen molar-refractivity contribution < 1.29 is 24.5 Å². The Balaban J connectivity index is 2.38. The molecule has 2 N–H and O–H groups in total. The van der Waals surface area contributed by atoms with Crippen LogP contribution in [0.15, 0.2) is 18.2 Å². The molecule has 0 radical (unpaired) electrons. The van der Waals surface area contributed by atoms with Gasteiger partial charge >= 0.3 is 6.09 Å². The molecule has 0 aliphatic carbocycles. The van der Waals surface area contributed by atoms with Gasteiger partial charge < -0.3 is 24.6 Å². The number of methoxy groups -OCH3 is 2. The first-order valence-corrected chi connectivity index (χ1v) is 7.21. The van der Waals surface area contributed by atoms with E-state index in [4.69, 9.17) is 9.47 Å². The minimum absolute atomic E-state index is 0.0458. The lowest BCUT2D eigenvalue weighted by molar-refractivity contribution is 0.0470. The zero-order valence-electron chi connectivity index (χ0n) is 13.4. The SMILES string of the molecule is COC(=O)N1CC(c2ccc(OC)c(O)c2)C(C)(C(C)O)C1. The molecule has 0 saturated carbocycles. The van der Waals surface area contributed by atoms with E-state index in [1.54, 1.807) is 24.0 Å². The molecule has 1 amide bonds. The van der Waals surface area contributed by atoms with E-state index in [-0.39, 0.29) is 11.7 Å². The molecular formula is C16H23NO5. The second-order valence-electron chi connectivity index (χ2n) is 6.02. The summed E-state index contributed by atoms with van der Waals surface area (Å²) in [5.74, 6) is 0.332. The van der Waals surface area contributed by atoms with Crippen LogP contribution in [0, 0.1) is 5.41 Å². The molecule has 0 aromatic heterocycles. The summed E-state index contributed by atoms with van der Waals surface area (Å²) >= 11 is 0. The highest BCUT2D eigenvalue weighted by Crippen LogP contribution is 2.46. The van der Waals surface area contributed by atoms with Crippen LogP contribution in [0.1, 0.15) is 25.3 Å². The minimum Gasteiger partial charge on any atom is -0.504 e. The number of ether oxygens (including phenoxy) is 2. The molecule has 1 aliphatic rings. The van der Waals surface area contributed by atoms with E-state index in [1.807, 2.05) is 13.0 Å². The van der Waals surface area contributed by atoms with Crippen LogP contribution in [0.2, 0.25) is 0 Å². The largest absolute Gasteiger partial charge is 0.504 e. The Kier molecular flexibility index (Phi) is 4.51. The Morgan fingerprint density at radius 2 is 2.14 bits per heavy atom. The zero-order chi connectivity index (χ0) is 16.5. The minimum atomic E-state index is -0.614. The molecule has 1 heterocycles. The number of hydrogen-bond acceptors (Lipinski definition) is 5. The average molecular weight is 309 g/mol. The molecule has 0 spiro atoms. The van der Waals surface area contributed by atoms with Crippen molar-refractivity contribution in [3.8, 4) is 11.5 Å². The Morgan fingerprint density at radius 3 is 2.64 bits per heavy atom. The molecule has 6 nitrogen and oxygen atoms in total. The van der Waals surface area contributed by atoms with Crippen LogP contribution in [0.25, 0.3) is 0 Å². The number of rotatable bonds is 3. The zero-order valence-corrected chi connectivity index (χ0v) is 13.4. The molecule has 1 aromatic rings. The quantitative estimate of drug-likeness (QED) is 0.892. The van der Waals surface area contributed by atoms with Crippen molar-refractivity contribution >= 4 is 6.09 Å². The first-order valence-electron chi connectivity index (χ1n) is 7.21. The van der Waals surface area contributed by atoms with Crippen molar-refractivity contribution in [1.82, 2.24) is 4.90 Å². The first kappa shape index (κ1) is 16.4. The van der Waals surface area contributed by atoms with E-state index >= 15 is 0 Å². The third-order valence-electron chi connectivity index (χ3n) is 4.72. The third kappa shape index (κ3) is 2.70. The standard InChI is InChI=1S/C16H23NO5/c1-10(18)16(2)9-17(15(20)22-4)8-12(16)11-5-6-14(21-3)13(19)7-11/h5-7,10,12,18-19H,8-9H2,1-4H3. The number of nitrogens with zero attached hydrogens (tertiary/aromatic N) is 1. The summed E-state index contributed by atoms with van der Waals surface area (Å²) < 4.78 is 9.84. The van der Waals surface area contributed by atoms with Gasteiger partial charge in [-0.3, -0.25) is 0 Å². The molecule has 22 heavy (non-hydrogen) atoms. The molecule has 0 bridgehead atoms. The molecule has 1 saturated heterocycles. The topological polar surface area (TPSA) is 79.2 Å². The number of aliphatic hydroxyl groups excluding tert-OH is 1. The fourth-order valence-corrected chi connectivity index (χ4v) is 3.12. The van der Waals surface area contributed by atoms with Crippen molar-refractivity contribution in [2.45, 2.75) is 25.9 Å². The number of aliphatic hydroxyl groups is 1. The van der Waals surface area contributed by atoms with Crippen molar-refractivity contribution in [1.29, 1.82) is 0 Å². The number of hydrogen-bond donors (Lipinski definition) is 2. The van der Waals surface area contributed by atoms with E-state index in [0.717, 1.165) is 5.56 Å². The lowest BCUT2D eigenvalue weighted by atomic mass is 9.72. The van der Waals surface area contributed by atoms with Gasteiger partial charge in [0.25, 0.3) is 0 Å². The fourth-order valence-electron chi connectivity index (χ4n) is 3.12. The molecule has 6 heteroatoms.